The molecule has 0 spiro atoms. The molecule has 0 bridgehead atoms. The zero-order valence-electron chi connectivity index (χ0n) is 27.0. The first-order valence-corrected chi connectivity index (χ1v) is 18.7. The molecule has 0 amide bonds. The van der Waals surface area contributed by atoms with E-state index in [0.29, 0.717) is 0 Å². The molecule has 9 aromatic carbocycles. The molecule has 11 aromatic rings. The number of thiophene rings is 2. The standard InChI is InChI=1S/C48H28S2/c1-2-13-30(14-3-1)43-34-16-6-8-18-36(34)44(37-19-9-7-17-35(37)43)31-22-24-32(25-23-31)45-47-38-20-10-11-21-40(38)49-42(47)28-39-46-33-15-5-4-12-29(33)26-27-41(46)50-48(39)45/h1-28H. The van der Waals surface area contributed by atoms with Gasteiger partial charge in [0.15, 0.2) is 0 Å². The molecule has 11 rings (SSSR count). The van der Waals surface area contributed by atoms with Gasteiger partial charge in [-0.1, -0.05) is 152 Å². The maximum absolute atomic E-state index is 2.46. The lowest BCUT2D eigenvalue weighted by Gasteiger charge is -2.18. The Labute approximate surface area is 297 Å². The van der Waals surface area contributed by atoms with Crippen LogP contribution in [-0.2, 0) is 0 Å². The van der Waals surface area contributed by atoms with E-state index in [1.807, 2.05) is 22.7 Å². The summed E-state index contributed by atoms with van der Waals surface area (Å²) in [5.41, 5.74) is 7.69. The average molecular weight is 669 g/mol. The van der Waals surface area contributed by atoms with Gasteiger partial charge in [-0.05, 0) is 78.3 Å². The van der Waals surface area contributed by atoms with Crippen LogP contribution in [0.25, 0.3) is 106 Å². The van der Waals surface area contributed by atoms with Crippen molar-refractivity contribution in [2.24, 2.45) is 0 Å². The topological polar surface area (TPSA) is 0 Å². The van der Waals surface area contributed by atoms with E-state index in [9.17, 15) is 0 Å². The fourth-order valence-corrected chi connectivity index (χ4v) is 10.7. The van der Waals surface area contributed by atoms with Gasteiger partial charge in [0, 0.05) is 45.9 Å². The van der Waals surface area contributed by atoms with E-state index < -0.39 is 0 Å². The molecular weight excluding hydrogens is 641 g/mol. The zero-order chi connectivity index (χ0) is 32.8. The quantitative estimate of drug-likeness (QED) is 0.164. The molecule has 50 heavy (non-hydrogen) atoms. The van der Waals surface area contributed by atoms with Crippen LogP contribution in [0.5, 0.6) is 0 Å². The van der Waals surface area contributed by atoms with Crippen LogP contribution in [0.2, 0.25) is 0 Å². The molecule has 0 unspecified atom stereocenters. The normalized spacial score (nSPS) is 12.0. The fraction of sp³-hybridized carbons (Fsp3) is 0. The van der Waals surface area contributed by atoms with Gasteiger partial charge >= 0.3 is 0 Å². The second-order valence-corrected chi connectivity index (χ2v) is 15.3. The zero-order valence-corrected chi connectivity index (χ0v) is 28.6. The third kappa shape index (κ3) is 4.04. The SMILES string of the molecule is c1ccc(-c2c3ccccc3c(-c3ccc(-c4c5sc6ccc7ccccc7c6c5cc5sc6ccccc6c45)cc3)c3ccccc23)cc1. The van der Waals surface area contributed by atoms with Gasteiger partial charge in [0.25, 0.3) is 0 Å². The van der Waals surface area contributed by atoms with E-state index in [2.05, 4.69) is 170 Å². The molecule has 0 atom stereocenters. The highest BCUT2D eigenvalue weighted by atomic mass is 32.1. The van der Waals surface area contributed by atoms with E-state index in [1.165, 1.54) is 106 Å². The van der Waals surface area contributed by atoms with Gasteiger partial charge in [0.05, 0.1) is 0 Å². The number of benzene rings is 9. The summed E-state index contributed by atoms with van der Waals surface area (Å²) in [5, 5.41) is 13.2. The number of rotatable bonds is 3. The smallest absolute Gasteiger partial charge is 0.0441 e. The highest BCUT2D eigenvalue weighted by Gasteiger charge is 2.21. The minimum atomic E-state index is 1.24. The van der Waals surface area contributed by atoms with Crippen molar-refractivity contribution in [1.29, 1.82) is 0 Å². The predicted octanol–water partition coefficient (Wildman–Crippen LogP) is 14.9. The van der Waals surface area contributed by atoms with Gasteiger partial charge in [-0.2, -0.15) is 0 Å². The first kappa shape index (κ1) is 28.1. The van der Waals surface area contributed by atoms with Crippen LogP contribution in [0.4, 0.5) is 0 Å². The predicted molar refractivity (Wildman–Crippen MR) is 221 cm³/mol. The van der Waals surface area contributed by atoms with Crippen LogP contribution in [-0.4, -0.2) is 0 Å². The summed E-state index contributed by atoms with van der Waals surface area (Å²) in [4.78, 5) is 0. The minimum absolute atomic E-state index is 1.24. The van der Waals surface area contributed by atoms with Crippen LogP contribution in [0.15, 0.2) is 170 Å². The van der Waals surface area contributed by atoms with E-state index in [-0.39, 0.29) is 0 Å². The monoisotopic (exact) mass is 668 g/mol. The molecule has 0 saturated heterocycles. The van der Waals surface area contributed by atoms with Crippen molar-refractivity contribution in [1.82, 2.24) is 0 Å². The molecule has 0 saturated carbocycles. The van der Waals surface area contributed by atoms with Gasteiger partial charge in [-0.25, -0.2) is 0 Å². The van der Waals surface area contributed by atoms with Gasteiger partial charge in [-0.3, -0.25) is 0 Å². The lowest BCUT2D eigenvalue weighted by Crippen LogP contribution is -1.91. The summed E-state index contributed by atoms with van der Waals surface area (Å²) in [6.07, 6.45) is 0. The minimum Gasteiger partial charge on any atom is -0.135 e. The third-order valence-electron chi connectivity index (χ3n) is 10.4. The average Bonchev–Trinajstić information content (AvgIpc) is 3.75. The highest BCUT2D eigenvalue weighted by Crippen LogP contribution is 2.50. The number of hydrogen-bond acceptors (Lipinski definition) is 2. The van der Waals surface area contributed by atoms with E-state index in [0.717, 1.165) is 0 Å². The largest absolute Gasteiger partial charge is 0.135 e. The Bertz CT molecular complexity index is 3070. The van der Waals surface area contributed by atoms with Crippen molar-refractivity contribution in [3.63, 3.8) is 0 Å². The van der Waals surface area contributed by atoms with Gasteiger partial charge in [0.2, 0.25) is 0 Å². The van der Waals surface area contributed by atoms with Crippen LogP contribution >= 0.6 is 22.7 Å². The highest BCUT2D eigenvalue weighted by molar-refractivity contribution is 7.28. The molecule has 0 N–H and O–H groups in total. The summed E-state index contributed by atoms with van der Waals surface area (Å²) < 4.78 is 5.39. The van der Waals surface area contributed by atoms with Crippen molar-refractivity contribution >= 4 is 95.3 Å². The molecule has 0 aliphatic heterocycles. The van der Waals surface area contributed by atoms with Crippen molar-refractivity contribution in [2.45, 2.75) is 0 Å². The molecule has 232 valence electrons. The van der Waals surface area contributed by atoms with Crippen LogP contribution < -0.4 is 0 Å². The molecule has 0 nitrogen and oxygen atoms in total. The molecule has 2 heterocycles. The Morgan fingerprint density at radius 3 is 1.46 bits per heavy atom. The third-order valence-corrected chi connectivity index (χ3v) is 12.8. The van der Waals surface area contributed by atoms with Crippen molar-refractivity contribution < 1.29 is 0 Å². The van der Waals surface area contributed by atoms with E-state index in [1.54, 1.807) is 0 Å². The first-order chi connectivity index (χ1) is 24.8. The molecule has 0 aliphatic carbocycles. The van der Waals surface area contributed by atoms with Crippen LogP contribution in [0.3, 0.4) is 0 Å². The Hall–Kier alpha value is -5.80. The second-order valence-electron chi connectivity index (χ2n) is 13.1. The Morgan fingerprint density at radius 2 is 0.800 bits per heavy atom. The molecule has 0 aliphatic rings. The maximum atomic E-state index is 2.46. The maximum Gasteiger partial charge on any atom is 0.0441 e. The second kappa shape index (κ2) is 10.9. The van der Waals surface area contributed by atoms with Gasteiger partial charge in [-0.15, -0.1) is 22.7 Å². The van der Waals surface area contributed by atoms with Gasteiger partial charge < -0.3 is 0 Å². The van der Waals surface area contributed by atoms with E-state index >= 15 is 0 Å². The van der Waals surface area contributed by atoms with Crippen LogP contribution in [0.1, 0.15) is 0 Å². The lowest BCUT2D eigenvalue weighted by molar-refractivity contribution is 1.65. The first-order valence-electron chi connectivity index (χ1n) is 17.1. The molecule has 0 radical (unpaired) electrons. The number of hydrogen-bond donors (Lipinski definition) is 0. The van der Waals surface area contributed by atoms with E-state index in [4.69, 9.17) is 0 Å². The molecular formula is C48H28S2. The fourth-order valence-electron chi connectivity index (χ4n) is 8.32. The summed E-state index contributed by atoms with van der Waals surface area (Å²) in [6, 6.07) is 62.9. The summed E-state index contributed by atoms with van der Waals surface area (Å²) in [6.45, 7) is 0. The number of fused-ring (bicyclic) bond motifs is 10. The Morgan fingerprint density at radius 1 is 0.280 bits per heavy atom. The molecule has 2 heteroatoms. The summed E-state index contributed by atoms with van der Waals surface area (Å²) in [7, 11) is 0. The summed E-state index contributed by atoms with van der Waals surface area (Å²) in [5.74, 6) is 0. The molecule has 2 aromatic heterocycles. The molecule has 0 fully saturated rings. The van der Waals surface area contributed by atoms with Crippen LogP contribution in [0, 0.1) is 0 Å². The van der Waals surface area contributed by atoms with Gasteiger partial charge in [0.1, 0.15) is 0 Å². The van der Waals surface area contributed by atoms with Crippen molar-refractivity contribution in [3.05, 3.63) is 170 Å². The lowest BCUT2D eigenvalue weighted by atomic mass is 9.85. The van der Waals surface area contributed by atoms with Crippen molar-refractivity contribution in [2.75, 3.05) is 0 Å². The Kier molecular flexibility index (Phi) is 6.09. The summed E-state index contributed by atoms with van der Waals surface area (Å²) >= 11 is 3.84. The Balaban J connectivity index is 1.19. The van der Waals surface area contributed by atoms with Crippen molar-refractivity contribution in [3.8, 4) is 33.4 Å².